The molecule has 0 bridgehead atoms. The van der Waals surface area contributed by atoms with Crippen molar-refractivity contribution in [2.24, 2.45) is 5.73 Å². The molecule has 1 aliphatic rings. The molecule has 0 unspecified atom stereocenters. The highest BCUT2D eigenvalue weighted by Gasteiger charge is 2.19. The van der Waals surface area contributed by atoms with E-state index in [0.717, 1.165) is 0 Å². The van der Waals surface area contributed by atoms with Gasteiger partial charge in [-0.05, 0) is 0 Å². The molecular formula is C9H10N2O4. The van der Waals surface area contributed by atoms with Crippen LogP contribution < -0.4 is 10.5 Å². The Hall–Kier alpha value is -1.66. The SMILES string of the molecule is NCc1cc([N+](=O)[O-])cc2c1OCOC2. The van der Waals surface area contributed by atoms with Crippen molar-refractivity contribution in [3.8, 4) is 5.75 Å². The Morgan fingerprint density at radius 1 is 1.53 bits per heavy atom. The molecule has 0 radical (unpaired) electrons. The lowest BCUT2D eigenvalue weighted by atomic mass is 10.1. The van der Waals surface area contributed by atoms with E-state index in [4.69, 9.17) is 15.2 Å². The summed E-state index contributed by atoms with van der Waals surface area (Å²) < 4.78 is 10.3. The minimum absolute atomic E-state index is 0.0169. The van der Waals surface area contributed by atoms with E-state index in [1.807, 2.05) is 0 Å². The molecule has 2 N–H and O–H groups in total. The van der Waals surface area contributed by atoms with Crippen LogP contribution in [0.5, 0.6) is 5.75 Å². The number of fused-ring (bicyclic) bond motifs is 1. The minimum Gasteiger partial charge on any atom is -0.467 e. The Kier molecular flexibility index (Phi) is 2.53. The van der Waals surface area contributed by atoms with E-state index in [2.05, 4.69) is 0 Å². The Morgan fingerprint density at radius 2 is 2.33 bits per heavy atom. The van der Waals surface area contributed by atoms with E-state index in [1.54, 1.807) is 0 Å². The van der Waals surface area contributed by atoms with Gasteiger partial charge in [-0.2, -0.15) is 0 Å². The van der Waals surface area contributed by atoms with Gasteiger partial charge in [-0.25, -0.2) is 0 Å². The van der Waals surface area contributed by atoms with Crippen LogP contribution in [-0.4, -0.2) is 11.7 Å². The molecule has 80 valence electrons. The molecule has 0 saturated carbocycles. The van der Waals surface area contributed by atoms with Crippen molar-refractivity contribution in [3.05, 3.63) is 33.4 Å². The van der Waals surface area contributed by atoms with Crippen LogP contribution in [0.4, 0.5) is 5.69 Å². The second-order valence-corrected chi connectivity index (χ2v) is 3.17. The Balaban J connectivity index is 2.52. The van der Waals surface area contributed by atoms with Crippen molar-refractivity contribution < 1.29 is 14.4 Å². The average Bonchev–Trinajstić information content (AvgIpc) is 2.27. The zero-order chi connectivity index (χ0) is 10.8. The lowest BCUT2D eigenvalue weighted by Crippen LogP contribution is -2.14. The molecule has 6 nitrogen and oxygen atoms in total. The first kappa shape index (κ1) is 9.88. The number of ether oxygens (including phenoxy) is 2. The smallest absolute Gasteiger partial charge is 0.270 e. The van der Waals surface area contributed by atoms with Gasteiger partial charge in [-0.1, -0.05) is 0 Å². The average molecular weight is 210 g/mol. The van der Waals surface area contributed by atoms with Gasteiger partial charge in [0.05, 0.1) is 11.5 Å². The summed E-state index contributed by atoms with van der Waals surface area (Å²) in [7, 11) is 0. The number of nitrogens with zero attached hydrogens (tertiary/aromatic N) is 1. The van der Waals surface area contributed by atoms with E-state index in [0.29, 0.717) is 23.5 Å². The van der Waals surface area contributed by atoms with Gasteiger partial charge in [0.1, 0.15) is 5.75 Å². The molecule has 15 heavy (non-hydrogen) atoms. The number of hydrogen-bond acceptors (Lipinski definition) is 5. The van der Waals surface area contributed by atoms with Crippen LogP contribution >= 0.6 is 0 Å². The molecule has 1 aromatic rings. The van der Waals surface area contributed by atoms with Gasteiger partial charge < -0.3 is 15.2 Å². The summed E-state index contributed by atoms with van der Waals surface area (Å²) in [6, 6.07) is 2.89. The third kappa shape index (κ3) is 1.77. The monoisotopic (exact) mass is 210 g/mol. The Morgan fingerprint density at radius 3 is 3.00 bits per heavy atom. The van der Waals surface area contributed by atoms with E-state index >= 15 is 0 Å². The number of rotatable bonds is 2. The fourth-order valence-corrected chi connectivity index (χ4v) is 1.54. The second-order valence-electron chi connectivity index (χ2n) is 3.17. The van der Waals surface area contributed by atoms with Gasteiger partial charge in [0, 0.05) is 29.8 Å². The van der Waals surface area contributed by atoms with E-state index in [1.165, 1.54) is 12.1 Å². The third-order valence-electron chi connectivity index (χ3n) is 2.20. The molecule has 2 rings (SSSR count). The van der Waals surface area contributed by atoms with Crippen molar-refractivity contribution in [3.63, 3.8) is 0 Å². The van der Waals surface area contributed by atoms with Gasteiger partial charge in [0.15, 0.2) is 6.79 Å². The number of non-ortho nitro benzene ring substituents is 1. The normalized spacial score (nSPS) is 14.2. The molecule has 6 heteroatoms. The number of nitro benzene ring substituents is 1. The zero-order valence-electron chi connectivity index (χ0n) is 7.93. The molecule has 0 amide bonds. The van der Waals surface area contributed by atoms with Crippen LogP contribution in [0.1, 0.15) is 11.1 Å². The van der Waals surface area contributed by atoms with Crippen LogP contribution in [-0.2, 0) is 17.9 Å². The van der Waals surface area contributed by atoms with Crippen molar-refractivity contribution in [1.29, 1.82) is 0 Å². The largest absolute Gasteiger partial charge is 0.467 e. The molecular weight excluding hydrogens is 200 g/mol. The molecule has 1 heterocycles. The predicted molar refractivity (Wildman–Crippen MR) is 51.3 cm³/mol. The summed E-state index contributed by atoms with van der Waals surface area (Å²) in [5.41, 5.74) is 6.83. The quantitative estimate of drug-likeness (QED) is 0.579. The first-order valence-electron chi connectivity index (χ1n) is 4.43. The van der Waals surface area contributed by atoms with Crippen molar-refractivity contribution in [1.82, 2.24) is 0 Å². The van der Waals surface area contributed by atoms with Gasteiger partial charge in [0.25, 0.3) is 5.69 Å². The van der Waals surface area contributed by atoms with Crippen LogP contribution in [0, 0.1) is 10.1 Å². The first-order valence-corrected chi connectivity index (χ1v) is 4.43. The highest BCUT2D eigenvalue weighted by molar-refractivity contribution is 5.50. The van der Waals surface area contributed by atoms with Crippen LogP contribution in [0.3, 0.4) is 0 Å². The van der Waals surface area contributed by atoms with E-state index in [-0.39, 0.29) is 19.0 Å². The van der Waals surface area contributed by atoms with Crippen LogP contribution in [0.25, 0.3) is 0 Å². The van der Waals surface area contributed by atoms with E-state index < -0.39 is 4.92 Å². The topological polar surface area (TPSA) is 87.6 Å². The summed E-state index contributed by atoms with van der Waals surface area (Å²) in [5, 5.41) is 10.6. The molecule has 1 aliphatic heterocycles. The first-order chi connectivity index (χ1) is 7.22. The van der Waals surface area contributed by atoms with Crippen LogP contribution in [0.2, 0.25) is 0 Å². The summed E-state index contributed by atoms with van der Waals surface area (Å²) in [6.07, 6.45) is 0. The lowest BCUT2D eigenvalue weighted by molar-refractivity contribution is -0.385. The summed E-state index contributed by atoms with van der Waals surface area (Å²) in [5.74, 6) is 0.620. The van der Waals surface area contributed by atoms with Crippen molar-refractivity contribution in [2.45, 2.75) is 13.2 Å². The maximum Gasteiger partial charge on any atom is 0.270 e. The molecule has 0 aromatic heterocycles. The highest BCUT2D eigenvalue weighted by Crippen LogP contribution is 2.32. The maximum atomic E-state index is 10.6. The van der Waals surface area contributed by atoms with Crippen molar-refractivity contribution >= 4 is 5.69 Å². The van der Waals surface area contributed by atoms with Crippen LogP contribution in [0.15, 0.2) is 12.1 Å². The molecule has 0 aliphatic carbocycles. The molecule has 0 saturated heterocycles. The van der Waals surface area contributed by atoms with Gasteiger partial charge in [-0.3, -0.25) is 10.1 Å². The Bertz CT molecular complexity index is 388. The van der Waals surface area contributed by atoms with Gasteiger partial charge in [0.2, 0.25) is 0 Å². The second kappa shape index (κ2) is 3.84. The molecule has 0 atom stereocenters. The van der Waals surface area contributed by atoms with Gasteiger partial charge in [-0.15, -0.1) is 0 Å². The number of benzene rings is 1. The van der Waals surface area contributed by atoms with E-state index in [9.17, 15) is 10.1 Å². The standard InChI is InChI=1S/C9H10N2O4/c10-3-6-1-8(11(12)13)2-7-4-14-5-15-9(6)7/h1-2H,3-5,10H2. The number of nitro groups is 1. The molecule has 0 fully saturated rings. The summed E-state index contributed by atoms with van der Waals surface area (Å²) in [4.78, 5) is 10.2. The predicted octanol–water partition coefficient (Wildman–Crippen LogP) is 0.920. The Labute approximate surface area is 85.7 Å². The van der Waals surface area contributed by atoms with Crippen molar-refractivity contribution in [2.75, 3.05) is 6.79 Å². The zero-order valence-corrected chi connectivity index (χ0v) is 7.93. The molecule has 0 spiro atoms. The fourth-order valence-electron chi connectivity index (χ4n) is 1.54. The highest BCUT2D eigenvalue weighted by atomic mass is 16.7. The molecule has 1 aromatic carbocycles. The third-order valence-corrected chi connectivity index (χ3v) is 2.20. The number of hydrogen-bond donors (Lipinski definition) is 1. The maximum absolute atomic E-state index is 10.6. The van der Waals surface area contributed by atoms with Gasteiger partial charge >= 0.3 is 0 Å². The summed E-state index contributed by atoms with van der Waals surface area (Å²) >= 11 is 0. The fraction of sp³-hybridized carbons (Fsp3) is 0.333. The lowest BCUT2D eigenvalue weighted by Gasteiger charge is -2.19. The summed E-state index contributed by atoms with van der Waals surface area (Å²) in [6.45, 7) is 0.700. The number of nitrogens with two attached hydrogens (primary N) is 1. The minimum atomic E-state index is -0.450.